The topological polar surface area (TPSA) is 65.3 Å². The van der Waals surface area contributed by atoms with E-state index in [1.165, 1.54) is 0 Å². The van der Waals surface area contributed by atoms with Crippen molar-refractivity contribution in [3.05, 3.63) is 89.8 Å². The Morgan fingerprint density at radius 1 is 0.886 bits per heavy atom. The number of ether oxygens (including phenoxy) is 2. The van der Waals surface area contributed by atoms with E-state index < -0.39 is 0 Å². The van der Waals surface area contributed by atoms with Gasteiger partial charge in [-0.05, 0) is 29.8 Å². The van der Waals surface area contributed by atoms with Gasteiger partial charge in [-0.2, -0.15) is 5.10 Å². The van der Waals surface area contributed by atoms with E-state index in [1.54, 1.807) is 31.3 Å². The van der Waals surface area contributed by atoms with Gasteiger partial charge in [0.15, 0.2) is 0 Å². The van der Waals surface area contributed by atoms with Crippen LogP contribution in [0.25, 0.3) is 22.3 Å². The van der Waals surface area contributed by atoms with Gasteiger partial charge >= 0.3 is 0 Å². The van der Waals surface area contributed by atoms with Gasteiger partial charge in [0.2, 0.25) is 0 Å². The maximum atomic E-state index is 6.54. The van der Waals surface area contributed by atoms with Crippen LogP contribution in [0.1, 0.15) is 5.56 Å². The number of hydrogen-bond donors (Lipinski definition) is 0. The molecule has 0 unspecified atom stereocenters. The Hall–Kier alpha value is -4.10. The molecule has 176 valence electrons. The first-order valence-electron chi connectivity index (χ1n) is 11.0. The molecular weight excluding hydrogens is 462 g/mol. The lowest BCUT2D eigenvalue weighted by Crippen LogP contribution is -2.17. The van der Waals surface area contributed by atoms with E-state index in [2.05, 4.69) is 15.0 Å². The van der Waals surface area contributed by atoms with E-state index in [0.29, 0.717) is 23.1 Å². The van der Waals surface area contributed by atoms with Gasteiger partial charge in [-0.25, -0.2) is 4.98 Å². The third-order valence-corrected chi connectivity index (χ3v) is 6.14. The second kappa shape index (κ2) is 9.64. The first-order valence-corrected chi connectivity index (χ1v) is 11.4. The molecule has 0 spiro atoms. The molecule has 8 heteroatoms. The van der Waals surface area contributed by atoms with Crippen LogP contribution in [0.3, 0.4) is 0 Å². The molecule has 0 aliphatic rings. The highest BCUT2D eigenvalue weighted by Gasteiger charge is 2.16. The molecule has 35 heavy (non-hydrogen) atoms. The molecule has 2 heterocycles. The second-order valence-electron chi connectivity index (χ2n) is 8.08. The van der Waals surface area contributed by atoms with Gasteiger partial charge in [0.1, 0.15) is 11.5 Å². The zero-order valence-electron chi connectivity index (χ0n) is 19.6. The van der Waals surface area contributed by atoms with Gasteiger partial charge in [-0.1, -0.05) is 29.8 Å². The van der Waals surface area contributed by atoms with Crippen molar-refractivity contribution in [2.75, 3.05) is 19.1 Å². The monoisotopic (exact) mass is 485 g/mol. The molecule has 5 aromatic rings. The highest BCUT2D eigenvalue weighted by atomic mass is 35.5. The fourth-order valence-corrected chi connectivity index (χ4v) is 4.13. The quantitative estimate of drug-likeness (QED) is 0.280. The van der Waals surface area contributed by atoms with Crippen LogP contribution in [-0.4, -0.2) is 34.0 Å². The van der Waals surface area contributed by atoms with Crippen molar-refractivity contribution >= 4 is 34.0 Å². The SMILES string of the molecule is COc1cc(OC)cc(N(Cc2ccccc2Cl)c2ccc3ncc(-c4cnn(C)c4)nc3c2)c1. The third-order valence-electron chi connectivity index (χ3n) is 5.77. The predicted molar refractivity (Wildman–Crippen MR) is 139 cm³/mol. The molecule has 3 aromatic carbocycles. The van der Waals surface area contributed by atoms with Gasteiger partial charge in [-0.3, -0.25) is 9.67 Å². The molecule has 7 nitrogen and oxygen atoms in total. The van der Waals surface area contributed by atoms with E-state index in [1.807, 2.05) is 73.9 Å². The fourth-order valence-electron chi connectivity index (χ4n) is 3.94. The first-order chi connectivity index (χ1) is 17.0. The third kappa shape index (κ3) is 4.76. The second-order valence-corrected chi connectivity index (χ2v) is 8.49. The van der Waals surface area contributed by atoms with Gasteiger partial charge in [-0.15, -0.1) is 0 Å². The van der Waals surface area contributed by atoms with Crippen LogP contribution in [0.4, 0.5) is 11.4 Å². The Labute approximate surface area is 208 Å². The van der Waals surface area contributed by atoms with Crippen LogP contribution >= 0.6 is 11.6 Å². The largest absolute Gasteiger partial charge is 0.497 e. The van der Waals surface area contributed by atoms with E-state index >= 15 is 0 Å². The maximum absolute atomic E-state index is 6.54. The molecule has 0 N–H and O–H groups in total. The molecule has 0 amide bonds. The Balaban J connectivity index is 1.63. The number of hydrogen-bond acceptors (Lipinski definition) is 6. The summed E-state index contributed by atoms with van der Waals surface area (Å²) in [5, 5.41) is 4.95. The van der Waals surface area contributed by atoms with Crippen molar-refractivity contribution in [2.24, 2.45) is 7.05 Å². The van der Waals surface area contributed by atoms with Gasteiger partial charge in [0.25, 0.3) is 0 Å². The number of nitrogens with zero attached hydrogens (tertiary/aromatic N) is 5. The van der Waals surface area contributed by atoms with E-state index in [0.717, 1.165) is 39.2 Å². The molecule has 0 fully saturated rings. The number of rotatable bonds is 7. The van der Waals surface area contributed by atoms with Crippen LogP contribution in [0, 0.1) is 0 Å². The van der Waals surface area contributed by atoms with E-state index in [9.17, 15) is 0 Å². The number of benzene rings is 3. The minimum atomic E-state index is 0.539. The molecule has 2 aromatic heterocycles. The average molecular weight is 486 g/mol. The van der Waals surface area contributed by atoms with Crippen molar-refractivity contribution in [3.8, 4) is 22.8 Å². The van der Waals surface area contributed by atoms with Crippen molar-refractivity contribution in [2.45, 2.75) is 6.54 Å². The molecule has 0 atom stereocenters. The van der Waals surface area contributed by atoms with Crippen molar-refractivity contribution in [3.63, 3.8) is 0 Å². The zero-order chi connectivity index (χ0) is 24.4. The fraction of sp³-hybridized carbons (Fsp3) is 0.148. The Bertz CT molecular complexity index is 1480. The maximum Gasteiger partial charge on any atom is 0.124 e. The number of fused-ring (bicyclic) bond motifs is 1. The summed E-state index contributed by atoms with van der Waals surface area (Å²) in [6.45, 7) is 0.539. The van der Waals surface area contributed by atoms with Crippen molar-refractivity contribution in [1.29, 1.82) is 0 Å². The lowest BCUT2D eigenvalue weighted by atomic mass is 10.1. The number of halogens is 1. The number of aromatic nitrogens is 4. The summed E-state index contributed by atoms with van der Waals surface area (Å²) >= 11 is 6.54. The van der Waals surface area contributed by atoms with E-state index in [-0.39, 0.29) is 0 Å². The Morgan fingerprint density at radius 2 is 1.66 bits per heavy atom. The Kier molecular flexibility index (Phi) is 6.25. The highest BCUT2D eigenvalue weighted by molar-refractivity contribution is 6.31. The normalized spacial score (nSPS) is 11.0. The number of aryl methyl sites for hydroxylation is 1. The molecule has 5 rings (SSSR count). The van der Waals surface area contributed by atoms with Crippen LogP contribution in [0.5, 0.6) is 11.5 Å². The lowest BCUT2D eigenvalue weighted by Gasteiger charge is -2.27. The molecule has 0 saturated carbocycles. The van der Waals surface area contributed by atoms with Gasteiger partial charge in [0.05, 0.1) is 43.3 Å². The molecular formula is C27H24ClN5O2. The summed E-state index contributed by atoms with van der Waals surface area (Å²) in [5.74, 6) is 1.39. The summed E-state index contributed by atoms with van der Waals surface area (Å²) in [6, 6.07) is 19.7. The molecule has 0 aliphatic carbocycles. The minimum Gasteiger partial charge on any atom is -0.497 e. The zero-order valence-corrected chi connectivity index (χ0v) is 20.4. The highest BCUT2D eigenvalue weighted by Crippen LogP contribution is 2.36. The number of methoxy groups -OCH3 is 2. The molecule has 0 bridgehead atoms. The van der Waals surface area contributed by atoms with Crippen LogP contribution < -0.4 is 14.4 Å². The van der Waals surface area contributed by atoms with Gasteiger partial charge < -0.3 is 14.4 Å². The predicted octanol–water partition coefficient (Wildman–Crippen LogP) is 6.04. The van der Waals surface area contributed by atoms with Crippen LogP contribution in [0.2, 0.25) is 5.02 Å². The van der Waals surface area contributed by atoms with Crippen molar-refractivity contribution < 1.29 is 9.47 Å². The summed E-state index contributed by atoms with van der Waals surface area (Å²) < 4.78 is 12.8. The van der Waals surface area contributed by atoms with Crippen LogP contribution in [0.15, 0.2) is 79.3 Å². The van der Waals surface area contributed by atoms with Gasteiger partial charge in [0, 0.05) is 59.9 Å². The smallest absolute Gasteiger partial charge is 0.124 e. The molecule has 0 aliphatic heterocycles. The van der Waals surface area contributed by atoms with Crippen LogP contribution in [-0.2, 0) is 13.6 Å². The minimum absolute atomic E-state index is 0.539. The van der Waals surface area contributed by atoms with E-state index in [4.69, 9.17) is 26.1 Å². The Morgan fingerprint density at radius 3 is 2.34 bits per heavy atom. The summed E-state index contributed by atoms with van der Waals surface area (Å²) in [6.07, 6.45) is 5.48. The molecule has 0 saturated heterocycles. The number of anilines is 2. The summed E-state index contributed by atoms with van der Waals surface area (Å²) in [4.78, 5) is 11.6. The summed E-state index contributed by atoms with van der Waals surface area (Å²) in [7, 11) is 5.16. The van der Waals surface area contributed by atoms with Crippen molar-refractivity contribution in [1.82, 2.24) is 19.7 Å². The standard InChI is InChI=1S/C27H24ClN5O2/c1-32-16-19(14-30-32)27-15-29-25-9-8-20(12-26(25)31-27)33(17-18-6-4-5-7-24(18)28)21-10-22(34-2)13-23(11-21)35-3/h4-16H,17H2,1-3H3. The lowest BCUT2D eigenvalue weighted by molar-refractivity contribution is 0.394. The average Bonchev–Trinajstić information content (AvgIpc) is 3.33. The summed E-state index contributed by atoms with van der Waals surface area (Å²) in [5.41, 5.74) is 6.10. The first kappa shape index (κ1) is 22.7. The molecule has 0 radical (unpaired) electrons.